The molecule has 156 valence electrons. The van der Waals surface area contributed by atoms with Crippen molar-refractivity contribution in [1.29, 1.82) is 0 Å². The molecule has 2 aliphatic rings. The van der Waals surface area contributed by atoms with Crippen molar-refractivity contribution in [2.75, 3.05) is 18.6 Å². The Morgan fingerprint density at radius 1 is 0.935 bits per heavy atom. The largest absolute Gasteiger partial charge is 0.467 e. The van der Waals surface area contributed by atoms with Crippen molar-refractivity contribution in [3.8, 4) is 11.1 Å². The summed E-state index contributed by atoms with van der Waals surface area (Å²) in [6, 6.07) is 24.4. The van der Waals surface area contributed by atoms with E-state index in [1.807, 2.05) is 36.9 Å². The highest BCUT2D eigenvalue weighted by molar-refractivity contribution is 6.02. The second-order valence-electron chi connectivity index (χ2n) is 8.87. The molecule has 3 aromatic rings. The molecule has 1 saturated heterocycles. The minimum atomic E-state index is -0.816. The number of fused-ring (bicyclic) bond motifs is 3. The standard InChI is InChI=1S/C27H25NO3/c1-27(2)22(29)16-28(25(27)26(30)31-3)21-15-9-14-20-18-12-7-8-13-19(18)23(24(20)21)17-10-5-4-6-11-17/h4-15,23,25H,16H2,1-3H3/t23?,25-/m1/s1. The van der Waals surface area contributed by atoms with Crippen LogP contribution in [0, 0.1) is 5.41 Å². The van der Waals surface area contributed by atoms with Gasteiger partial charge in [-0.2, -0.15) is 0 Å². The van der Waals surface area contributed by atoms with E-state index in [-0.39, 0.29) is 24.2 Å². The topological polar surface area (TPSA) is 46.6 Å². The Bertz CT molecular complexity index is 1180. The zero-order valence-corrected chi connectivity index (χ0v) is 18.0. The minimum absolute atomic E-state index is 0.0423. The van der Waals surface area contributed by atoms with E-state index in [1.165, 1.54) is 23.8 Å². The molecule has 0 aromatic heterocycles. The molecule has 0 saturated carbocycles. The van der Waals surface area contributed by atoms with Gasteiger partial charge < -0.3 is 9.64 Å². The SMILES string of the molecule is COC(=O)[C@H]1N(c2cccc3c2C(c2ccccc2)c2ccccc2-3)CC(=O)C1(C)C. The number of esters is 1. The Morgan fingerprint density at radius 3 is 2.35 bits per heavy atom. The highest BCUT2D eigenvalue weighted by Crippen LogP contribution is 2.53. The highest BCUT2D eigenvalue weighted by atomic mass is 16.5. The molecule has 31 heavy (non-hydrogen) atoms. The molecular formula is C27H25NO3. The predicted octanol–water partition coefficient (Wildman–Crippen LogP) is 4.80. The third-order valence-electron chi connectivity index (χ3n) is 6.83. The summed E-state index contributed by atoms with van der Waals surface area (Å²) >= 11 is 0. The number of carbonyl (C=O) groups is 2. The zero-order chi connectivity index (χ0) is 21.8. The fourth-order valence-electron chi connectivity index (χ4n) is 5.23. The average Bonchev–Trinajstić information content (AvgIpc) is 3.25. The van der Waals surface area contributed by atoms with Gasteiger partial charge in [-0.15, -0.1) is 0 Å². The summed E-state index contributed by atoms with van der Waals surface area (Å²) in [6.45, 7) is 3.87. The van der Waals surface area contributed by atoms with Crippen molar-refractivity contribution < 1.29 is 14.3 Å². The number of ether oxygens (including phenoxy) is 1. The fraction of sp³-hybridized carbons (Fsp3) is 0.259. The first-order chi connectivity index (χ1) is 14.9. The molecule has 3 aromatic carbocycles. The maximum Gasteiger partial charge on any atom is 0.329 e. The maximum absolute atomic E-state index is 12.9. The van der Waals surface area contributed by atoms with E-state index in [0.717, 1.165) is 16.8 Å². The predicted molar refractivity (Wildman–Crippen MR) is 121 cm³/mol. The van der Waals surface area contributed by atoms with Crippen LogP contribution in [0.5, 0.6) is 0 Å². The lowest BCUT2D eigenvalue weighted by molar-refractivity contribution is -0.146. The lowest BCUT2D eigenvalue weighted by Gasteiger charge is -2.32. The summed E-state index contributed by atoms with van der Waals surface area (Å²) in [5, 5.41) is 0. The van der Waals surface area contributed by atoms with Gasteiger partial charge in [-0.25, -0.2) is 4.79 Å². The van der Waals surface area contributed by atoms with Gasteiger partial charge in [0.15, 0.2) is 5.78 Å². The van der Waals surface area contributed by atoms with Gasteiger partial charge >= 0.3 is 5.97 Å². The number of hydrogen-bond donors (Lipinski definition) is 0. The first-order valence-electron chi connectivity index (χ1n) is 10.6. The van der Waals surface area contributed by atoms with Crippen molar-refractivity contribution in [3.63, 3.8) is 0 Å². The van der Waals surface area contributed by atoms with Crippen LogP contribution in [0.4, 0.5) is 5.69 Å². The van der Waals surface area contributed by atoms with Crippen LogP contribution in [0.3, 0.4) is 0 Å². The molecule has 1 heterocycles. The van der Waals surface area contributed by atoms with Gasteiger partial charge in [0.1, 0.15) is 6.04 Å². The normalized spacial score (nSPS) is 21.0. The van der Waals surface area contributed by atoms with Crippen molar-refractivity contribution >= 4 is 17.4 Å². The number of rotatable bonds is 3. The maximum atomic E-state index is 12.9. The van der Waals surface area contributed by atoms with Gasteiger partial charge in [0.25, 0.3) is 0 Å². The third-order valence-corrected chi connectivity index (χ3v) is 6.83. The molecule has 1 aliphatic carbocycles. The second kappa shape index (κ2) is 7.09. The van der Waals surface area contributed by atoms with E-state index in [9.17, 15) is 9.59 Å². The monoisotopic (exact) mass is 411 g/mol. The number of anilines is 1. The first kappa shape index (κ1) is 19.6. The van der Waals surface area contributed by atoms with Crippen LogP contribution in [-0.2, 0) is 14.3 Å². The van der Waals surface area contributed by atoms with Crippen LogP contribution in [0.25, 0.3) is 11.1 Å². The number of methoxy groups -OCH3 is 1. The fourth-order valence-corrected chi connectivity index (χ4v) is 5.23. The third kappa shape index (κ3) is 2.82. The van der Waals surface area contributed by atoms with Crippen LogP contribution in [0.1, 0.15) is 36.5 Å². The Labute approximate surface area is 182 Å². The molecule has 1 aliphatic heterocycles. The molecule has 1 fully saturated rings. The van der Waals surface area contributed by atoms with Crippen LogP contribution in [0.15, 0.2) is 72.8 Å². The van der Waals surface area contributed by atoms with Crippen molar-refractivity contribution in [1.82, 2.24) is 0 Å². The highest BCUT2D eigenvalue weighted by Gasteiger charge is 2.53. The summed E-state index contributed by atoms with van der Waals surface area (Å²) in [4.78, 5) is 27.7. The van der Waals surface area contributed by atoms with Gasteiger partial charge in [0.2, 0.25) is 0 Å². The van der Waals surface area contributed by atoms with Gasteiger partial charge in [-0.05, 0) is 33.9 Å². The summed E-state index contributed by atoms with van der Waals surface area (Å²) < 4.78 is 5.13. The van der Waals surface area contributed by atoms with E-state index < -0.39 is 11.5 Å². The number of nitrogens with zero attached hydrogens (tertiary/aromatic N) is 1. The van der Waals surface area contributed by atoms with Gasteiger partial charge in [-0.1, -0.05) is 80.6 Å². The van der Waals surface area contributed by atoms with Crippen LogP contribution in [-0.4, -0.2) is 31.4 Å². The van der Waals surface area contributed by atoms with Gasteiger partial charge in [0, 0.05) is 11.6 Å². The molecule has 0 bridgehead atoms. The molecule has 4 nitrogen and oxygen atoms in total. The van der Waals surface area contributed by atoms with E-state index in [1.54, 1.807) is 0 Å². The smallest absolute Gasteiger partial charge is 0.329 e. The molecule has 2 atom stereocenters. The average molecular weight is 412 g/mol. The Balaban J connectivity index is 1.74. The Morgan fingerprint density at radius 2 is 1.61 bits per heavy atom. The number of Topliss-reactive ketones (excluding diaryl/α,β-unsaturated/α-hetero) is 1. The van der Waals surface area contributed by atoms with Gasteiger partial charge in [0.05, 0.1) is 19.1 Å². The number of ketones is 1. The number of benzene rings is 3. The summed E-state index contributed by atoms with van der Waals surface area (Å²) in [5.41, 5.74) is 6.06. The lowest BCUT2D eigenvalue weighted by Crippen LogP contribution is -2.45. The lowest BCUT2D eigenvalue weighted by atomic mass is 9.83. The van der Waals surface area contributed by atoms with Gasteiger partial charge in [-0.3, -0.25) is 4.79 Å². The molecular weight excluding hydrogens is 386 g/mol. The number of carbonyl (C=O) groups excluding carboxylic acids is 2. The molecule has 5 rings (SSSR count). The van der Waals surface area contributed by atoms with Crippen molar-refractivity contribution in [3.05, 3.63) is 89.5 Å². The van der Waals surface area contributed by atoms with Crippen LogP contribution < -0.4 is 4.90 Å². The Hall–Kier alpha value is -3.40. The second-order valence-corrected chi connectivity index (χ2v) is 8.87. The molecule has 0 radical (unpaired) electrons. The molecule has 0 amide bonds. The van der Waals surface area contributed by atoms with E-state index in [4.69, 9.17) is 4.74 Å². The first-order valence-corrected chi connectivity index (χ1v) is 10.6. The van der Waals surface area contributed by atoms with Crippen LogP contribution >= 0.6 is 0 Å². The summed E-state index contributed by atoms with van der Waals surface area (Å²) in [6.07, 6.45) is 0. The van der Waals surface area contributed by atoms with E-state index in [2.05, 4.69) is 54.6 Å². The van der Waals surface area contributed by atoms with Crippen LogP contribution in [0.2, 0.25) is 0 Å². The molecule has 1 unspecified atom stereocenters. The van der Waals surface area contributed by atoms with E-state index >= 15 is 0 Å². The van der Waals surface area contributed by atoms with Crippen molar-refractivity contribution in [2.24, 2.45) is 5.41 Å². The summed E-state index contributed by atoms with van der Waals surface area (Å²) in [7, 11) is 1.39. The molecule has 0 N–H and O–H groups in total. The van der Waals surface area contributed by atoms with E-state index in [0.29, 0.717) is 0 Å². The van der Waals surface area contributed by atoms with Crippen molar-refractivity contribution in [2.45, 2.75) is 25.8 Å². The zero-order valence-electron chi connectivity index (χ0n) is 18.0. The number of hydrogen-bond acceptors (Lipinski definition) is 4. The summed E-state index contributed by atoms with van der Waals surface area (Å²) in [5.74, 6) is -0.284. The molecule has 4 heteroatoms. The quantitative estimate of drug-likeness (QED) is 0.454. The Kier molecular flexibility index (Phi) is 4.47. The molecule has 0 spiro atoms. The minimum Gasteiger partial charge on any atom is -0.467 e.